The largest absolute Gasteiger partial charge is 0.481 e. The van der Waals surface area contributed by atoms with E-state index in [-0.39, 0.29) is 23.7 Å². The summed E-state index contributed by atoms with van der Waals surface area (Å²) in [6.07, 6.45) is -3.08. The van der Waals surface area contributed by atoms with Gasteiger partial charge in [-0.05, 0) is 11.6 Å². The van der Waals surface area contributed by atoms with E-state index in [1.807, 2.05) is 0 Å². The van der Waals surface area contributed by atoms with Crippen LogP contribution in [0.25, 0.3) is 0 Å². The monoisotopic (exact) mass is 279 g/mol. The fraction of sp³-hybridized carbons (Fsp3) is 0.455. The van der Waals surface area contributed by atoms with Crippen LogP contribution in [0.15, 0.2) is 6.07 Å². The van der Waals surface area contributed by atoms with Crippen molar-refractivity contribution in [3.05, 3.63) is 22.9 Å². The number of nitrogens with zero attached hydrogens (tertiary/aromatic N) is 1. The molecule has 0 aliphatic carbocycles. The molecule has 0 fully saturated rings. The molecule has 100 valence electrons. The van der Waals surface area contributed by atoms with Gasteiger partial charge in [-0.15, -0.1) is 11.6 Å². The van der Waals surface area contributed by atoms with Crippen LogP contribution in [0.1, 0.15) is 23.2 Å². The fourth-order valence-corrected chi connectivity index (χ4v) is 1.62. The third kappa shape index (κ3) is 3.29. The summed E-state index contributed by atoms with van der Waals surface area (Å²) >= 11 is 5.66. The van der Waals surface area contributed by atoms with Gasteiger partial charge >= 0.3 is 5.97 Å². The molecule has 0 spiro atoms. The highest BCUT2D eigenvalue weighted by Gasteiger charge is 2.21. The van der Waals surface area contributed by atoms with Crippen LogP contribution in [-0.4, -0.2) is 25.2 Å². The van der Waals surface area contributed by atoms with Gasteiger partial charge in [0.25, 0.3) is 6.43 Å². The number of esters is 1. The fourth-order valence-electron chi connectivity index (χ4n) is 1.43. The summed E-state index contributed by atoms with van der Waals surface area (Å²) in [4.78, 5) is 14.8. The number of rotatable bonds is 5. The van der Waals surface area contributed by atoms with Crippen LogP contribution >= 0.6 is 11.6 Å². The van der Waals surface area contributed by atoms with Crippen molar-refractivity contribution in [3.8, 4) is 5.88 Å². The van der Waals surface area contributed by atoms with E-state index in [9.17, 15) is 13.6 Å². The summed E-state index contributed by atoms with van der Waals surface area (Å²) in [6, 6.07) is 1.39. The SMILES string of the molecule is COC(=O)Cc1cc(CCl)c(OC)nc1C(F)F. The Kier molecular flexibility index (Phi) is 5.27. The molecule has 0 N–H and O–H groups in total. The minimum atomic E-state index is -2.80. The van der Waals surface area contributed by atoms with Crippen LogP contribution in [0.4, 0.5) is 8.78 Å². The predicted octanol–water partition coefficient (Wildman–Crippen LogP) is 2.48. The van der Waals surface area contributed by atoms with Crippen LogP contribution in [0.3, 0.4) is 0 Å². The lowest BCUT2D eigenvalue weighted by Crippen LogP contribution is -2.10. The van der Waals surface area contributed by atoms with Gasteiger partial charge in [-0.25, -0.2) is 13.8 Å². The number of halogens is 3. The lowest BCUT2D eigenvalue weighted by Gasteiger charge is -2.12. The molecule has 0 radical (unpaired) electrons. The summed E-state index contributed by atoms with van der Waals surface area (Å²) in [5, 5.41) is 0. The molecule has 0 saturated carbocycles. The van der Waals surface area contributed by atoms with Gasteiger partial charge in [0.15, 0.2) is 0 Å². The quantitative estimate of drug-likeness (QED) is 0.614. The van der Waals surface area contributed by atoms with Crippen molar-refractivity contribution >= 4 is 17.6 Å². The van der Waals surface area contributed by atoms with E-state index >= 15 is 0 Å². The second-order valence-electron chi connectivity index (χ2n) is 3.39. The number of carbonyl (C=O) groups excluding carboxylic acids is 1. The third-order valence-corrected chi connectivity index (χ3v) is 2.57. The number of aromatic nitrogens is 1. The molecular formula is C11H12ClF2NO3. The minimum Gasteiger partial charge on any atom is -0.481 e. The Labute approximate surface area is 108 Å². The highest BCUT2D eigenvalue weighted by molar-refractivity contribution is 6.17. The van der Waals surface area contributed by atoms with Crippen LogP contribution < -0.4 is 4.74 Å². The molecule has 0 aliphatic heterocycles. The molecule has 0 saturated heterocycles. The minimum absolute atomic E-state index is 0.0360. The van der Waals surface area contributed by atoms with Crippen molar-refractivity contribution in [1.29, 1.82) is 0 Å². The Bertz CT molecular complexity index is 441. The van der Waals surface area contributed by atoms with E-state index in [1.54, 1.807) is 0 Å². The zero-order chi connectivity index (χ0) is 13.7. The second-order valence-corrected chi connectivity index (χ2v) is 3.66. The summed E-state index contributed by atoms with van der Waals surface area (Å²) in [6.45, 7) is 0. The first kappa shape index (κ1) is 14.6. The first-order chi connectivity index (χ1) is 8.53. The van der Waals surface area contributed by atoms with Gasteiger partial charge in [-0.2, -0.15) is 0 Å². The highest BCUT2D eigenvalue weighted by Crippen LogP contribution is 2.28. The maximum Gasteiger partial charge on any atom is 0.310 e. The summed E-state index contributed by atoms with van der Waals surface area (Å²) in [5.41, 5.74) is 0.0434. The molecule has 0 aliphatic rings. The average Bonchev–Trinajstić information content (AvgIpc) is 2.37. The van der Waals surface area contributed by atoms with Crippen LogP contribution in [-0.2, 0) is 21.8 Å². The van der Waals surface area contributed by atoms with E-state index in [2.05, 4.69) is 9.72 Å². The molecule has 0 amide bonds. The van der Waals surface area contributed by atoms with Gasteiger partial charge in [0.1, 0.15) is 5.69 Å². The van der Waals surface area contributed by atoms with E-state index < -0.39 is 18.1 Å². The van der Waals surface area contributed by atoms with Crippen molar-refractivity contribution in [1.82, 2.24) is 4.98 Å². The third-order valence-electron chi connectivity index (χ3n) is 2.28. The van der Waals surface area contributed by atoms with Gasteiger partial charge in [-0.3, -0.25) is 4.79 Å². The number of hydrogen-bond donors (Lipinski definition) is 0. The van der Waals surface area contributed by atoms with E-state index in [0.717, 1.165) is 0 Å². The Morgan fingerprint density at radius 1 is 1.44 bits per heavy atom. The van der Waals surface area contributed by atoms with Crippen molar-refractivity contribution in [2.75, 3.05) is 14.2 Å². The standard InChI is InChI=1S/C11H12ClF2NO3/c1-17-8(16)4-6-3-7(5-12)11(18-2)15-9(6)10(13)14/h3,10H,4-5H2,1-2H3. The van der Waals surface area contributed by atoms with Gasteiger partial charge in [0.05, 0.1) is 26.5 Å². The van der Waals surface area contributed by atoms with E-state index in [1.165, 1.54) is 20.3 Å². The normalized spacial score (nSPS) is 10.6. The molecule has 0 bridgehead atoms. The smallest absolute Gasteiger partial charge is 0.310 e. The maximum atomic E-state index is 12.8. The molecule has 0 unspecified atom stereocenters. The van der Waals surface area contributed by atoms with Crippen molar-refractivity contribution in [3.63, 3.8) is 0 Å². The van der Waals surface area contributed by atoms with E-state index in [0.29, 0.717) is 5.56 Å². The van der Waals surface area contributed by atoms with Gasteiger partial charge in [0.2, 0.25) is 5.88 Å². The van der Waals surface area contributed by atoms with Crippen molar-refractivity contribution < 1.29 is 23.0 Å². The van der Waals surface area contributed by atoms with Gasteiger partial charge < -0.3 is 9.47 Å². The zero-order valence-corrected chi connectivity index (χ0v) is 10.6. The topological polar surface area (TPSA) is 48.4 Å². The maximum absolute atomic E-state index is 12.8. The Balaban J connectivity index is 3.24. The second kappa shape index (κ2) is 6.49. The highest BCUT2D eigenvalue weighted by atomic mass is 35.5. The lowest BCUT2D eigenvalue weighted by atomic mass is 10.1. The molecule has 0 atom stereocenters. The molecule has 7 heteroatoms. The van der Waals surface area contributed by atoms with Crippen molar-refractivity contribution in [2.45, 2.75) is 18.7 Å². The van der Waals surface area contributed by atoms with Crippen LogP contribution in [0.5, 0.6) is 5.88 Å². The number of ether oxygens (including phenoxy) is 2. The molecular weight excluding hydrogens is 268 g/mol. The molecule has 1 aromatic rings. The van der Waals surface area contributed by atoms with E-state index in [4.69, 9.17) is 16.3 Å². The molecule has 0 aromatic carbocycles. The lowest BCUT2D eigenvalue weighted by molar-refractivity contribution is -0.139. The number of hydrogen-bond acceptors (Lipinski definition) is 4. The Morgan fingerprint density at radius 3 is 2.56 bits per heavy atom. The molecule has 1 aromatic heterocycles. The summed E-state index contributed by atoms with van der Waals surface area (Å²) in [5.74, 6) is -0.535. The Morgan fingerprint density at radius 2 is 2.11 bits per heavy atom. The number of carbonyl (C=O) groups is 1. The molecule has 18 heavy (non-hydrogen) atoms. The Hall–Kier alpha value is -1.43. The predicted molar refractivity (Wildman–Crippen MR) is 61.0 cm³/mol. The van der Waals surface area contributed by atoms with Crippen molar-refractivity contribution in [2.24, 2.45) is 0 Å². The zero-order valence-electron chi connectivity index (χ0n) is 9.87. The molecule has 4 nitrogen and oxygen atoms in total. The van der Waals surface area contributed by atoms with Gasteiger partial charge in [0, 0.05) is 5.56 Å². The van der Waals surface area contributed by atoms with Crippen LogP contribution in [0.2, 0.25) is 0 Å². The number of methoxy groups -OCH3 is 2. The number of pyridine rings is 1. The number of alkyl halides is 3. The molecule has 1 rings (SSSR count). The molecule has 1 heterocycles. The average molecular weight is 280 g/mol. The van der Waals surface area contributed by atoms with Crippen LogP contribution in [0, 0.1) is 0 Å². The summed E-state index contributed by atoms with van der Waals surface area (Å²) in [7, 11) is 2.50. The summed E-state index contributed by atoms with van der Waals surface area (Å²) < 4.78 is 35.0. The first-order valence-electron chi connectivity index (χ1n) is 5.01. The van der Waals surface area contributed by atoms with Gasteiger partial charge in [-0.1, -0.05) is 0 Å². The first-order valence-corrected chi connectivity index (χ1v) is 5.54.